The third kappa shape index (κ3) is 4.65. The number of aromatic nitrogens is 4. The molecule has 0 unspecified atom stereocenters. The summed E-state index contributed by atoms with van der Waals surface area (Å²) >= 11 is 2.51. The van der Waals surface area contributed by atoms with Crippen LogP contribution in [0.25, 0.3) is 11.4 Å². The van der Waals surface area contributed by atoms with Crippen molar-refractivity contribution in [1.82, 2.24) is 25.2 Å². The second-order valence-electron chi connectivity index (χ2n) is 8.01. The highest BCUT2D eigenvalue weighted by Gasteiger charge is 2.54. The number of nitrogens with zero attached hydrogens (tertiary/aromatic N) is 5. The molecule has 2 aliphatic heterocycles. The van der Waals surface area contributed by atoms with Crippen molar-refractivity contribution in [1.29, 1.82) is 0 Å². The van der Waals surface area contributed by atoms with Gasteiger partial charge in [-0.05, 0) is 0 Å². The van der Waals surface area contributed by atoms with E-state index < -0.39 is 29.2 Å². The monoisotopic (exact) mass is 541 g/mol. The van der Waals surface area contributed by atoms with E-state index in [2.05, 4.69) is 25.4 Å². The summed E-state index contributed by atoms with van der Waals surface area (Å²) in [4.78, 5) is 55.4. The number of hydrogen-bond donors (Lipinski definition) is 4. The minimum atomic E-state index is -1.20. The molecule has 1 fully saturated rings. The first-order valence-electron chi connectivity index (χ1n) is 10.9. The molecule has 5 rings (SSSR count). The number of nitrogen functional groups attached to an aromatic ring is 1. The van der Waals surface area contributed by atoms with E-state index in [1.165, 1.54) is 23.8 Å². The van der Waals surface area contributed by atoms with E-state index in [1.807, 2.05) is 29.1 Å². The van der Waals surface area contributed by atoms with Crippen LogP contribution in [0.2, 0.25) is 0 Å². The predicted octanol–water partition coefficient (Wildman–Crippen LogP) is 0.192. The highest BCUT2D eigenvalue weighted by Crippen LogP contribution is 2.40. The maximum absolute atomic E-state index is 13.0. The number of pyridine rings is 1. The minimum Gasteiger partial charge on any atom is -0.477 e. The topological polar surface area (TPSA) is 180 Å². The molecule has 0 aromatic carbocycles. The average Bonchev–Trinajstić information content (AvgIpc) is 3.58. The lowest BCUT2D eigenvalue weighted by atomic mass is 10.0. The summed E-state index contributed by atoms with van der Waals surface area (Å²) in [5.74, 6) is -1.30. The van der Waals surface area contributed by atoms with Gasteiger partial charge in [0.05, 0.1) is 0 Å². The predicted molar refractivity (Wildman–Crippen MR) is 134 cm³/mol. The van der Waals surface area contributed by atoms with Gasteiger partial charge in [-0.25, -0.2) is 19.3 Å². The van der Waals surface area contributed by atoms with Crippen molar-refractivity contribution in [2.75, 3.05) is 18.6 Å². The molecule has 0 radical (unpaired) electrons. The molecule has 0 bridgehead atoms. The molecule has 15 heteroatoms. The number of amides is 2. The van der Waals surface area contributed by atoms with Crippen LogP contribution in [0.1, 0.15) is 5.69 Å². The smallest absolute Gasteiger partial charge is 0.352 e. The van der Waals surface area contributed by atoms with Crippen LogP contribution < -0.4 is 15.6 Å². The quantitative estimate of drug-likeness (QED) is 0.134. The molecule has 0 aliphatic carbocycles. The molecule has 0 saturated carbocycles. The van der Waals surface area contributed by atoms with Gasteiger partial charge in [0, 0.05) is 46.8 Å². The molecule has 3 aromatic heterocycles. The molecule has 5 N–H and O–H groups in total. The number of thioether (sulfide) groups is 1. The molecule has 2 aliphatic rings. The van der Waals surface area contributed by atoms with Gasteiger partial charge in [-0.2, -0.15) is 0 Å². The SMILES string of the molecule is CON=C(C(=O)N[C@@H]1C(=O)N2C(C(=O)O)=C(C[n+]3ccc(-c4ncc[nH]4)cc3)CS[C@@H]12)c1csc(N)n1. The number of carbonyl (C=O) groups excluding carboxylic acids is 2. The Kier molecular flexibility index (Phi) is 6.62. The normalized spacial score (nSPS) is 19.3. The highest BCUT2D eigenvalue weighted by molar-refractivity contribution is 8.00. The van der Waals surface area contributed by atoms with E-state index in [-0.39, 0.29) is 28.8 Å². The number of aromatic amines is 1. The molecular formula is C22H21N8O5S2+. The first-order chi connectivity index (χ1) is 17.9. The number of anilines is 1. The summed E-state index contributed by atoms with van der Waals surface area (Å²) in [6.45, 7) is 0.288. The van der Waals surface area contributed by atoms with Gasteiger partial charge in [0.2, 0.25) is 0 Å². The molecule has 2 amide bonds. The number of aliphatic carboxylic acids is 1. The molecule has 0 spiro atoms. The molecule has 190 valence electrons. The van der Waals surface area contributed by atoms with E-state index in [1.54, 1.807) is 17.8 Å². The lowest BCUT2D eigenvalue weighted by Gasteiger charge is -2.49. The lowest BCUT2D eigenvalue weighted by molar-refractivity contribution is -0.689. The Morgan fingerprint density at radius 3 is 2.81 bits per heavy atom. The molecule has 5 heterocycles. The zero-order chi connectivity index (χ0) is 26.1. The van der Waals surface area contributed by atoms with Crippen LogP contribution in [0.15, 0.2) is 58.7 Å². The molecule has 2 atom stereocenters. The fraction of sp³-hybridized carbons (Fsp3) is 0.227. The van der Waals surface area contributed by atoms with E-state index >= 15 is 0 Å². The Hall–Kier alpha value is -4.24. The summed E-state index contributed by atoms with van der Waals surface area (Å²) in [7, 11) is 1.28. The number of β-lactam (4-membered cyclic amide) rings is 1. The van der Waals surface area contributed by atoms with Crippen molar-refractivity contribution in [2.45, 2.75) is 18.0 Å². The van der Waals surface area contributed by atoms with E-state index in [9.17, 15) is 19.5 Å². The first kappa shape index (κ1) is 24.5. The molecule has 37 heavy (non-hydrogen) atoms. The molecule has 13 nitrogen and oxygen atoms in total. The standard InChI is InChI=1S/C22H20N8O5S2/c1-35-28-14(13-10-37-22(23)26-13)18(31)27-15-19(32)30-16(21(33)34)12(9-36-20(15)30)8-29-6-2-11(3-7-29)17-24-4-5-25-17/h2-7,10,15,20H,8-9H2,1H3,(H4,23,26,27,31,33,34)/p+1/t15-,20+/m1/s1. The zero-order valence-electron chi connectivity index (χ0n) is 19.3. The number of thiazole rings is 1. The fourth-order valence-electron chi connectivity index (χ4n) is 4.07. The number of fused-ring (bicyclic) bond motifs is 1. The van der Waals surface area contributed by atoms with Gasteiger partial charge in [0.1, 0.15) is 35.7 Å². The third-order valence-corrected chi connectivity index (χ3v) is 7.75. The maximum atomic E-state index is 13.0. The van der Waals surface area contributed by atoms with Crippen LogP contribution in [0, 0.1) is 0 Å². The van der Waals surface area contributed by atoms with Crippen LogP contribution in [-0.4, -0.2) is 72.7 Å². The fourth-order valence-corrected chi connectivity index (χ4v) is 5.95. The number of rotatable bonds is 8. The average molecular weight is 542 g/mol. The summed E-state index contributed by atoms with van der Waals surface area (Å²) in [6.07, 6.45) is 7.04. The van der Waals surface area contributed by atoms with E-state index in [0.717, 1.165) is 22.7 Å². The van der Waals surface area contributed by atoms with Crippen molar-refractivity contribution < 1.29 is 28.9 Å². The first-order valence-corrected chi connectivity index (χ1v) is 12.8. The third-order valence-electron chi connectivity index (χ3n) is 5.73. The van der Waals surface area contributed by atoms with Crippen LogP contribution >= 0.6 is 23.1 Å². The number of carboxylic acids is 1. The van der Waals surface area contributed by atoms with Gasteiger partial charge < -0.3 is 26.0 Å². The molecule has 1 saturated heterocycles. The van der Waals surface area contributed by atoms with Gasteiger partial charge in [0.25, 0.3) is 11.8 Å². The van der Waals surface area contributed by atoms with Crippen molar-refractivity contribution >= 4 is 51.7 Å². The number of nitrogens with two attached hydrogens (primary N) is 1. The Balaban J connectivity index is 1.32. The van der Waals surface area contributed by atoms with E-state index in [4.69, 9.17) is 10.6 Å². The van der Waals surface area contributed by atoms with Gasteiger partial charge in [-0.15, -0.1) is 23.1 Å². The Labute approximate surface area is 218 Å². The Bertz CT molecular complexity index is 1420. The lowest BCUT2D eigenvalue weighted by Crippen LogP contribution is -2.71. The number of carboxylic acid groups (broad SMARTS) is 1. The van der Waals surface area contributed by atoms with Crippen molar-refractivity contribution in [2.24, 2.45) is 5.16 Å². The Morgan fingerprint density at radius 1 is 1.41 bits per heavy atom. The number of carbonyl (C=O) groups is 3. The summed E-state index contributed by atoms with van der Waals surface area (Å²) in [5.41, 5.74) is 7.14. The Morgan fingerprint density at radius 2 is 2.19 bits per heavy atom. The number of nitrogens with one attached hydrogen (secondary N) is 2. The number of oxime groups is 1. The van der Waals surface area contributed by atoms with E-state index in [0.29, 0.717) is 11.3 Å². The molecular weight excluding hydrogens is 520 g/mol. The van der Waals surface area contributed by atoms with Crippen molar-refractivity contribution in [3.63, 3.8) is 0 Å². The van der Waals surface area contributed by atoms with Crippen LogP contribution in [-0.2, 0) is 25.8 Å². The largest absolute Gasteiger partial charge is 0.477 e. The summed E-state index contributed by atoms with van der Waals surface area (Å²) in [5, 5.41) is 17.5. The van der Waals surface area contributed by atoms with Gasteiger partial charge in [-0.1, -0.05) is 5.16 Å². The number of H-pyrrole nitrogens is 1. The van der Waals surface area contributed by atoms with Crippen LogP contribution in [0.3, 0.4) is 0 Å². The second kappa shape index (κ2) is 10.0. The maximum Gasteiger partial charge on any atom is 0.352 e. The number of hydrogen-bond acceptors (Lipinski definition) is 10. The van der Waals surface area contributed by atoms with Crippen molar-refractivity contribution in [3.05, 3.63) is 59.3 Å². The highest BCUT2D eigenvalue weighted by atomic mass is 32.2. The summed E-state index contributed by atoms with van der Waals surface area (Å²) < 4.78 is 1.84. The number of imidazole rings is 1. The zero-order valence-corrected chi connectivity index (χ0v) is 21.0. The van der Waals surface area contributed by atoms with Crippen LogP contribution in [0.4, 0.5) is 5.13 Å². The van der Waals surface area contributed by atoms with Gasteiger partial charge in [-0.3, -0.25) is 14.5 Å². The van der Waals surface area contributed by atoms with Gasteiger partial charge in [0.15, 0.2) is 29.8 Å². The molecule has 3 aromatic rings. The van der Waals surface area contributed by atoms with Crippen molar-refractivity contribution in [3.8, 4) is 11.4 Å². The minimum absolute atomic E-state index is 0.0695. The van der Waals surface area contributed by atoms with Crippen LogP contribution in [0.5, 0.6) is 0 Å². The summed E-state index contributed by atoms with van der Waals surface area (Å²) in [6, 6.07) is 2.81. The van der Waals surface area contributed by atoms with Gasteiger partial charge >= 0.3 is 5.97 Å². The second-order valence-corrected chi connectivity index (χ2v) is 10.0.